The van der Waals surface area contributed by atoms with E-state index in [0.717, 1.165) is 18.0 Å². The lowest BCUT2D eigenvalue weighted by molar-refractivity contribution is 0.242. The van der Waals surface area contributed by atoms with Crippen molar-refractivity contribution in [2.75, 3.05) is 12.3 Å². The number of nitrogens with one attached hydrogen (secondary N) is 1. The van der Waals surface area contributed by atoms with Crippen molar-refractivity contribution in [1.29, 1.82) is 0 Å². The van der Waals surface area contributed by atoms with Crippen LogP contribution in [0.25, 0.3) is 0 Å². The number of hydrogen-bond donors (Lipinski definition) is 1. The Labute approximate surface area is 122 Å². The largest absolute Gasteiger partial charge is 0.491 e. The summed E-state index contributed by atoms with van der Waals surface area (Å²) in [5.74, 6) is 2.06. The molecule has 0 radical (unpaired) electrons. The molecule has 0 saturated carbocycles. The summed E-state index contributed by atoms with van der Waals surface area (Å²) in [7, 11) is 0. The van der Waals surface area contributed by atoms with Crippen molar-refractivity contribution in [3.63, 3.8) is 0 Å². The normalized spacial score (nSPS) is 13.0. The molecule has 1 aromatic rings. The first-order valence-corrected chi connectivity index (χ1v) is 8.19. The van der Waals surface area contributed by atoms with E-state index in [-0.39, 0.29) is 6.10 Å². The Hall–Kier alpha value is -0.670. The monoisotopic (exact) mass is 281 g/mol. The molecule has 108 valence electrons. The molecule has 0 spiro atoms. The third-order valence-corrected chi connectivity index (χ3v) is 3.89. The van der Waals surface area contributed by atoms with E-state index in [9.17, 15) is 0 Å². The van der Waals surface area contributed by atoms with Gasteiger partial charge < -0.3 is 10.1 Å². The molecule has 0 aliphatic rings. The first-order chi connectivity index (χ1) is 9.02. The maximum absolute atomic E-state index is 5.68. The molecular weight excluding hydrogens is 254 g/mol. The van der Waals surface area contributed by atoms with Gasteiger partial charge in [-0.25, -0.2) is 0 Å². The average Bonchev–Trinajstić information content (AvgIpc) is 2.34. The fourth-order valence-electron chi connectivity index (χ4n) is 1.86. The van der Waals surface area contributed by atoms with Crippen LogP contribution >= 0.6 is 11.8 Å². The fourth-order valence-corrected chi connectivity index (χ4v) is 2.75. The molecule has 3 heteroatoms. The summed E-state index contributed by atoms with van der Waals surface area (Å²) in [6, 6.07) is 8.91. The van der Waals surface area contributed by atoms with Crippen LogP contribution < -0.4 is 10.1 Å². The van der Waals surface area contributed by atoms with Crippen LogP contribution in [0.1, 0.15) is 46.2 Å². The molecule has 1 rings (SSSR count). The Kier molecular flexibility index (Phi) is 7.32. The summed E-state index contributed by atoms with van der Waals surface area (Å²) in [5, 5.41) is 4.22. The van der Waals surface area contributed by atoms with E-state index in [0.29, 0.717) is 11.3 Å². The van der Waals surface area contributed by atoms with Crippen LogP contribution in [0.4, 0.5) is 0 Å². The molecule has 2 nitrogen and oxygen atoms in total. The predicted octanol–water partition coefficient (Wildman–Crippen LogP) is 4.27. The Morgan fingerprint density at radius 3 is 2.21 bits per heavy atom. The van der Waals surface area contributed by atoms with Crippen LogP contribution in [0.15, 0.2) is 24.3 Å². The molecule has 1 unspecified atom stereocenters. The van der Waals surface area contributed by atoms with Gasteiger partial charge in [0.1, 0.15) is 5.75 Å². The third-order valence-electron chi connectivity index (χ3n) is 2.70. The van der Waals surface area contributed by atoms with Crippen molar-refractivity contribution >= 4 is 11.8 Å². The van der Waals surface area contributed by atoms with E-state index < -0.39 is 0 Å². The number of hydrogen-bond acceptors (Lipinski definition) is 3. The van der Waals surface area contributed by atoms with Gasteiger partial charge in [-0.2, -0.15) is 11.8 Å². The Morgan fingerprint density at radius 1 is 1.11 bits per heavy atom. The molecule has 0 amide bonds. The summed E-state index contributed by atoms with van der Waals surface area (Å²) >= 11 is 2.00. The standard InChI is InChI=1S/C16H27NOS/c1-6-17-16(11-19-13(4)5)14-7-9-15(10-8-14)18-12(2)3/h7-10,12-13,16-17H,6,11H2,1-5H3. The van der Waals surface area contributed by atoms with Gasteiger partial charge in [0.25, 0.3) is 0 Å². The highest BCUT2D eigenvalue weighted by Gasteiger charge is 2.11. The number of ether oxygens (including phenoxy) is 1. The van der Waals surface area contributed by atoms with Crippen molar-refractivity contribution in [3.05, 3.63) is 29.8 Å². The zero-order valence-electron chi connectivity index (χ0n) is 12.8. The SMILES string of the molecule is CCNC(CSC(C)C)c1ccc(OC(C)C)cc1. The molecule has 0 saturated heterocycles. The van der Waals surface area contributed by atoms with Crippen LogP contribution in [0.3, 0.4) is 0 Å². The van der Waals surface area contributed by atoms with E-state index in [1.807, 2.05) is 11.8 Å². The Bertz CT molecular complexity index is 348. The van der Waals surface area contributed by atoms with E-state index in [4.69, 9.17) is 4.74 Å². The Morgan fingerprint density at radius 2 is 1.74 bits per heavy atom. The highest BCUT2D eigenvalue weighted by atomic mass is 32.2. The smallest absolute Gasteiger partial charge is 0.119 e. The second kappa shape index (κ2) is 8.49. The van der Waals surface area contributed by atoms with Crippen molar-refractivity contribution in [2.24, 2.45) is 0 Å². The summed E-state index contributed by atoms with van der Waals surface area (Å²) in [5.41, 5.74) is 1.34. The van der Waals surface area contributed by atoms with Gasteiger partial charge in [-0.05, 0) is 43.3 Å². The number of rotatable bonds is 8. The molecule has 19 heavy (non-hydrogen) atoms. The summed E-state index contributed by atoms with van der Waals surface area (Å²) in [6.07, 6.45) is 0.229. The molecule has 1 aromatic carbocycles. The molecule has 0 aromatic heterocycles. The molecule has 0 bridgehead atoms. The summed E-state index contributed by atoms with van der Waals surface area (Å²) in [6.45, 7) is 11.7. The van der Waals surface area contributed by atoms with Gasteiger partial charge in [0, 0.05) is 11.8 Å². The second-order valence-corrected chi connectivity index (χ2v) is 6.84. The van der Waals surface area contributed by atoms with Gasteiger partial charge in [-0.15, -0.1) is 0 Å². The zero-order chi connectivity index (χ0) is 14.3. The van der Waals surface area contributed by atoms with Crippen molar-refractivity contribution in [1.82, 2.24) is 5.32 Å². The van der Waals surface area contributed by atoms with E-state index in [2.05, 4.69) is 64.2 Å². The topological polar surface area (TPSA) is 21.3 Å². The van der Waals surface area contributed by atoms with Gasteiger partial charge in [0.15, 0.2) is 0 Å². The number of thioether (sulfide) groups is 1. The van der Waals surface area contributed by atoms with Gasteiger partial charge in [0.05, 0.1) is 6.10 Å². The van der Waals surface area contributed by atoms with Crippen molar-refractivity contribution in [3.8, 4) is 5.75 Å². The molecule has 1 atom stereocenters. The minimum absolute atomic E-state index is 0.229. The van der Waals surface area contributed by atoms with Gasteiger partial charge >= 0.3 is 0 Å². The van der Waals surface area contributed by atoms with Crippen molar-refractivity contribution < 1.29 is 4.74 Å². The first kappa shape index (κ1) is 16.4. The maximum Gasteiger partial charge on any atom is 0.119 e. The molecule has 0 fully saturated rings. The minimum atomic E-state index is 0.229. The van der Waals surface area contributed by atoms with Crippen LogP contribution in [0.2, 0.25) is 0 Å². The summed E-state index contributed by atoms with van der Waals surface area (Å²) < 4.78 is 5.68. The molecular formula is C16H27NOS. The van der Waals surface area contributed by atoms with E-state index >= 15 is 0 Å². The molecule has 1 N–H and O–H groups in total. The maximum atomic E-state index is 5.68. The van der Waals surface area contributed by atoms with Crippen LogP contribution in [-0.2, 0) is 0 Å². The van der Waals surface area contributed by atoms with Gasteiger partial charge in [-0.1, -0.05) is 32.9 Å². The van der Waals surface area contributed by atoms with Crippen LogP contribution in [0, 0.1) is 0 Å². The highest BCUT2D eigenvalue weighted by molar-refractivity contribution is 7.99. The first-order valence-electron chi connectivity index (χ1n) is 7.14. The van der Waals surface area contributed by atoms with Crippen LogP contribution in [-0.4, -0.2) is 23.7 Å². The molecule has 0 aliphatic carbocycles. The number of benzene rings is 1. The van der Waals surface area contributed by atoms with Crippen molar-refractivity contribution in [2.45, 2.75) is 52.0 Å². The van der Waals surface area contributed by atoms with Gasteiger partial charge in [0.2, 0.25) is 0 Å². The third kappa shape index (κ3) is 6.35. The Balaban J connectivity index is 2.67. The lowest BCUT2D eigenvalue weighted by Crippen LogP contribution is -2.23. The highest BCUT2D eigenvalue weighted by Crippen LogP contribution is 2.23. The lowest BCUT2D eigenvalue weighted by atomic mass is 10.1. The van der Waals surface area contributed by atoms with Gasteiger partial charge in [-0.3, -0.25) is 0 Å². The predicted molar refractivity (Wildman–Crippen MR) is 86.2 cm³/mol. The summed E-state index contributed by atoms with van der Waals surface area (Å²) in [4.78, 5) is 0. The minimum Gasteiger partial charge on any atom is -0.491 e. The fraction of sp³-hybridized carbons (Fsp3) is 0.625. The molecule has 0 aliphatic heterocycles. The zero-order valence-corrected chi connectivity index (χ0v) is 13.6. The van der Waals surface area contributed by atoms with Crippen LogP contribution in [0.5, 0.6) is 5.75 Å². The lowest BCUT2D eigenvalue weighted by Gasteiger charge is -2.20. The quantitative estimate of drug-likeness (QED) is 0.769. The second-order valence-electron chi connectivity index (χ2n) is 5.23. The van der Waals surface area contributed by atoms with E-state index in [1.165, 1.54) is 5.56 Å². The van der Waals surface area contributed by atoms with E-state index in [1.54, 1.807) is 0 Å². The molecule has 0 heterocycles. The average molecular weight is 281 g/mol.